The summed E-state index contributed by atoms with van der Waals surface area (Å²) in [7, 11) is 1.76. The Labute approximate surface area is 118 Å². The van der Waals surface area contributed by atoms with Crippen LogP contribution in [0.15, 0.2) is 0 Å². The van der Waals surface area contributed by atoms with Crippen molar-refractivity contribution in [1.29, 1.82) is 0 Å². The molecule has 1 aliphatic rings. The fourth-order valence-electron chi connectivity index (χ4n) is 1.62. The molecule has 5 heteroatoms. The molecule has 1 amide bonds. The normalized spacial score (nSPS) is 23.4. The first kappa shape index (κ1) is 15.8. The summed E-state index contributed by atoms with van der Waals surface area (Å²) in [6, 6.07) is 0. The smallest absolute Gasteiger partial charge is 0.410 e. The van der Waals surface area contributed by atoms with Gasteiger partial charge in [0.25, 0.3) is 0 Å². The topological polar surface area (TPSA) is 38.8 Å². The first-order valence-electron chi connectivity index (χ1n) is 6.48. The molecule has 0 heterocycles. The Balaban J connectivity index is 2.05. The Morgan fingerprint density at radius 3 is 2.50 bits per heavy atom. The summed E-state index contributed by atoms with van der Waals surface area (Å²) in [5.41, 5.74) is -0.432. The summed E-state index contributed by atoms with van der Waals surface area (Å²) < 4.78 is 10.9. The molecular formula is C13H24BrNO3. The zero-order valence-corrected chi connectivity index (χ0v) is 13.3. The average molecular weight is 322 g/mol. The molecule has 0 N–H and O–H groups in total. The van der Waals surface area contributed by atoms with Crippen LogP contribution in [-0.4, -0.2) is 47.7 Å². The van der Waals surface area contributed by atoms with Crippen LogP contribution in [0.5, 0.6) is 0 Å². The van der Waals surface area contributed by atoms with Crippen LogP contribution >= 0.6 is 15.9 Å². The summed E-state index contributed by atoms with van der Waals surface area (Å²) >= 11 is 3.53. The highest BCUT2D eigenvalue weighted by atomic mass is 79.9. The molecular weight excluding hydrogens is 298 g/mol. The van der Waals surface area contributed by atoms with Crippen molar-refractivity contribution >= 4 is 22.0 Å². The van der Waals surface area contributed by atoms with E-state index < -0.39 is 5.60 Å². The highest BCUT2D eigenvalue weighted by Crippen LogP contribution is 2.29. The third-order valence-corrected chi connectivity index (χ3v) is 3.48. The molecule has 1 aliphatic carbocycles. The van der Waals surface area contributed by atoms with E-state index in [1.165, 1.54) is 0 Å². The van der Waals surface area contributed by atoms with E-state index in [4.69, 9.17) is 9.47 Å². The van der Waals surface area contributed by atoms with Crippen LogP contribution in [-0.2, 0) is 9.47 Å². The van der Waals surface area contributed by atoms with Crippen molar-refractivity contribution < 1.29 is 14.3 Å². The molecule has 18 heavy (non-hydrogen) atoms. The van der Waals surface area contributed by atoms with Gasteiger partial charge in [-0.05, 0) is 40.0 Å². The molecule has 1 fully saturated rings. The van der Waals surface area contributed by atoms with E-state index in [9.17, 15) is 4.79 Å². The van der Waals surface area contributed by atoms with Crippen LogP contribution in [0.25, 0.3) is 0 Å². The molecule has 0 aromatic rings. The number of alkyl halides is 1. The van der Waals surface area contributed by atoms with Crippen LogP contribution < -0.4 is 0 Å². The highest BCUT2D eigenvalue weighted by Gasteiger charge is 2.27. The van der Waals surface area contributed by atoms with Crippen LogP contribution in [0.4, 0.5) is 4.79 Å². The molecule has 1 saturated carbocycles. The Morgan fingerprint density at radius 2 is 2.00 bits per heavy atom. The number of amides is 1. The number of ether oxygens (including phenoxy) is 2. The van der Waals surface area contributed by atoms with Gasteiger partial charge >= 0.3 is 6.09 Å². The number of hydrogen-bond acceptors (Lipinski definition) is 3. The molecule has 0 bridgehead atoms. The van der Waals surface area contributed by atoms with Gasteiger partial charge in [0.2, 0.25) is 0 Å². The van der Waals surface area contributed by atoms with Gasteiger partial charge in [0, 0.05) is 25.0 Å². The number of nitrogens with zero attached hydrogens (tertiary/aromatic N) is 1. The minimum absolute atomic E-state index is 0.272. The van der Waals surface area contributed by atoms with E-state index >= 15 is 0 Å². The predicted octanol–water partition coefficient (Wildman–Crippen LogP) is 3.19. The maximum atomic E-state index is 11.7. The molecule has 0 atom stereocenters. The molecule has 4 nitrogen and oxygen atoms in total. The number of carbonyl (C=O) groups excluding carboxylic acids is 1. The van der Waals surface area contributed by atoms with Crippen molar-refractivity contribution in [3.8, 4) is 0 Å². The highest BCUT2D eigenvalue weighted by molar-refractivity contribution is 9.09. The molecule has 0 spiro atoms. The van der Waals surface area contributed by atoms with Crippen LogP contribution in [0.2, 0.25) is 0 Å². The Kier molecular flexibility index (Phi) is 5.92. The molecule has 0 unspecified atom stereocenters. The summed E-state index contributed by atoms with van der Waals surface area (Å²) in [6.07, 6.45) is 3.18. The van der Waals surface area contributed by atoms with E-state index in [0.717, 1.165) is 19.3 Å². The third-order valence-electron chi connectivity index (χ3n) is 2.73. The lowest BCUT2D eigenvalue weighted by Crippen LogP contribution is -2.36. The standard InChI is InChI=1S/C13H24BrNO3/c1-13(2,3)18-12(16)15(4)6-5-7-17-11-8-10(14)9-11/h10-11H,5-9H2,1-4H3. The fourth-order valence-corrected chi connectivity index (χ4v) is 2.45. The Morgan fingerprint density at radius 1 is 1.39 bits per heavy atom. The second kappa shape index (κ2) is 6.75. The first-order chi connectivity index (χ1) is 8.28. The molecule has 0 radical (unpaired) electrons. The lowest BCUT2D eigenvalue weighted by Gasteiger charge is -2.31. The minimum atomic E-state index is -0.432. The second-order valence-corrected chi connectivity index (χ2v) is 7.11. The Hall–Kier alpha value is -0.290. The zero-order valence-electron chi connectivity index (χ0n) is 11.7. The van der Waals surface area contributed by atoms with Gasteiger partial charge in [-0.3, -0.25) is 0 Å². The van der Waals surface area contributed by atoms with Crippen LogP contribution in [0.1, 0.15) is 40.0 Å². The third kappa shape index (κ3) is 6.05. The number of carbonyl (C=O) groups is 1. The number of rotatable bonds is 5. The van der Waals surface area contributed by atoms with E-state index in [-0.39, 0.29) is 6.09 Å². The monoisotopic (exact) mass is 321 g/mol. The molecule has 106 valence electrons. The van der Waals surface area contributed by atoms with Gasteiger partial charge in [-0.2, -0.15) is 0 Å². The van der Waals surface area contributed by atoms with Gasteiger partial charge in [-0.15, -0.1) is 0 Å². The van der Waals surface area contributed by atoms with Crippen LogP contribution in [0.3, 0.4) is 0 Å². The van der Waals surface area contributed by atoms with E-state index in [2.05, 4.69) is 15.9 Å². The van der Waals surface area contributed by atoms with Crippen LogP contribution in [0, 0.1) is 0 Å². The maximum Gasteiger partial charge on any atom is 0.410 e. The molecule has 0 aromatic heterocycles. The van der Waals surface area contributed by atoms with Gasteiger partial charge in [-0.1, -0.05) is 15.9 Å². The molecule has 1 rings (SSSR count). The Bertz CT molecular complexity index is 272. The summed E-state index contributed by atoms with van der Waals surface area (Å²) in [4.78, 5) is 13.9. The van der Waals surface area contributed by atoms with Crippen molar-refractivity contribution in [2.75, 3.05) is 20.2 Å². The quantitative estimate of drug-likeness (QED) is 0.576. The summed E-state index contributed by atoms with van der Waals surface area (Å²) in [5.74, 6) is 0. The SMILES string of the molecule is CN(CCCOC1CC(Br)C1)C(=O)OC(C)(C)C. The minimum Gasteiger partial charge on any atom is -0.444 e. The van der Waals surface area contributed by atoms with Crippen molar-refractivity contribution in [2.24, 2.45) is 0 Å². The van der Waals surface area contributed by atoms with Gasteiger partial charge in [0.15, 0.2) is 0 Å². The largest absolute Gasteiger partial charge is 0.444 e. The maximum absolute atomic E-state index is 11.7. The number of hydrogen-bond donors (Lipinski definition) is 0. The average Bonchev–Trinajstić information content (AvgIpc) is 2.18. The first-order valence-corrected chi connectivity index (χ1v) is 7.39. The molecule has 0 aliphatic heterocycles. The van der Waals surface area contributed by atoms with Gasteiger partial charge in [-0.25, -0.2) is 4.79 Å². The predicted molar refractivity (Wildman–Crippen MR) is 75.2 cm³/mol. The fraction of sp³-hybridized carbons (Fsp3) is 0.923. The lowest BCUT2D eigenvalue weighted by molar-refractivity contribution is 0.000684. The van der Waals surface area contributed by atoms with Crippen molar-refractivity contribution in [1.82, 2.24) is 4.90 Å². The van der Waals surface area contributed by atoms with E-state index in [1.54, 1.807) is 11.9 Å². The van der Waals surface area contributed by atoms with Gasteiger partial charge in [0.05, 0.1) is 6.10 Å². The van der Waals surface area contributed by atoms with E-state index in [1.807, 2.05) is 20.8 Å². The molecule has 0 saturated heterocycles. The number of halogens is 1. The van der Waals surface area contributed by atoms with Crippen molar-refractivity contribution in [3.63, 3.8) is 0 Å². The van der Waals surface area contributed by atoms with E-state index in [0.29, 0.717) is 24.1 Å². The summed E-state index contributed by atoms with van der Waals surface area (Å²) in [5, 5.41) is 0. The van der Waals surface area contributed by atoms with Gasteiger partial charge in [0.1, 0.15) is 5.60 Å². The zero-order chi connectivity index (χ0) is 13.8. The van der Waals surface area contributed by atoms with Gasteiger partial charge < -0.3 is 14.4 Å². The van der Waals surface area contributed by atoms with Crippen molar-refractivity contribution in [3.05, 3.63) is 0 Å². The molecule has 0 aromatic carbocycles. The van der Waals surface area contributed by atoms with Crippen molar-refractivity contribution in [2.45, 2.75) is 56.6 Å². The lowest BCUT2D eigenvalue weighted by atomic mass is 9.96. The summed E-state index contributed by atoms with van der Waals surface area (Å²) in [6.45, 7) is 6.98. The second-order valence-electron chi connectivity index (χ2n) is 5.82.